The molecule has 0 amide bonds. The molecule has 0 saturated heterocycles. The fourth-order valence-electron chi connectivity index (χ4n) is 1.30. The largest absolute Gasteiger partial charge is 0.464 e. The van der Waals surface area contributed by atoms with Crippen molar-refractivity contribution < 1.29 is 9.13 Å². The van der Waals surface area contributed by atoms with Crippen LogP contribution in [0.2, 0.25) is 5.28 Å². The van der Waals surface area contributed by atoms with Crippen LogP contribution < -0.4 is 10.1 Å². The van der Waals surface area contributed by atoms with E-state index in [9.17, 15) is 4.39 Å². The van der Waals surface area contributed by atoms with Gasteiger partial charge in [-0.2, -0.15) is 15.0 Å². The van der Waals surface area contributed by atoms with Gasteiger partial charge in [-0.05, 0) is 52.7 Å². The van der Waals surface area contributed by atoms with Crippen molar-refractivity contribution >= 4 is 39.2 Å². The molecule has 19 heavy (non-hydrogen) atoms. The standard InChI is InChI=1S/C11H9BrClFN4O/c1-2-19-11-17-9(13)16-10(18-11)15-8-5-6(14)3-4-7(8)12/h3-5H,2H2,1H3,(H,15,16,17,18). The van der Waals surface area contributed by atoms with E-state index in [4.69, 9.17) is 16.3 Å². The molecule has 0 radical (unpaired) electrons. The second kappa shape index (κ2) is 6.12. The van der Waals surface area contributed by atoms with Crippen LogP contribution in [0.15, 0.2) is 22.7 Å². The number of hydrogen-bond donors (Lipinski definition) is 1. The Morgan fingerprint density at radius 2 is 2.16 bits per heavy atom. The van der Waals surface area contributed by atoms with Gasteiger partial charge in [0.2, 0.25) is 11.2 Å². The van der Waals surface area contributed by atoms with Crippen LogP contribution in [0.25, 0.3) is 0 Å². The van der Waals surface area contributed by atoms with Crippen LogP contribution >= 0.6 is 27.5 Å². The zero-order chi connectivity index (χ0) is 13.8. The monoisotopic (exact) mass is 346 g/mol. The van der Waals surface area contributed by atoms with E-state index in [2.05, 4.69) is 36.2 Å². The second-order valence-corrected chi connectivity index (χ2v) is 4.59. The summed E-state index contributed by atoms with van der Waals surface area (Å²) in [4.78, 5) is 11.7. The van der Waals surface area contributed by atoms with Gasteiger partial charge in [-0.3, -0.25) is 0 Å². The molecule has 0 atom stereocenters. The van der Waals surface area contributed by atoms with Crippen LogP contribution in [0.3, 0.4) is 0 Å². The predicted molar refractivity (Wildman–Crippen MR) is 73.4 cm³/mol. The topological polar surface area (TPSA) is 59.9 Å². The maximum atomic E-state index is 13.2. The van der Waals surface area contributed by atoms with E-state index >= 15 is 0 Å². The summed E-state index contributed by atoms with van der Waals surface area (Å²) < 4.78 is 19.0. The Labute approximate surface area is 122 Å². The maximum absolute atomic E-state index is 13.2. The molecule has 1 N–H and O–H groups in total. The quantitative estimate of drug-likeness (QED) is 0.916. The van der Waals surface area contributed by atoms with Gasteiger partial charge in [0.25, 0.3) is 0 Å². The molecule has 0 unspecified atom stereocenters. The molecule has 0 aliphatic rings. The van der Waals surface area contributed by atoms with Gasteiger partial charge in [-0.15, -0.1) is 0 Å². The summed E-state index contributed by atoms with van der Waals surface area (Å²) in [6, 6.07) is 4.32. The van der Waals surface area contributed by atoms with Crippen molar-refractivity contribution in [3.8, 4) is 6.01 Å². The Hall–Kier alpha value is -1.47. The Kier molecular flexibility index (Phi) is 4.49. The van der Waals surface area contributed by atoms with Gasteiger partial charge in [0, 0.05) is 4.47 Å². The summed E-state index contributed by atoms with van der Waals surface area (Å²) in [7, 11) is 0. The number of hydrogen-bond acceptors (Lipinski definition) is 5. The summed E-state index contributed by atoms with van der Waals surface area (Å²) in [5.74, 6) is -0.203. The van der Waals surface area contributed by atoms with Crippen molar-refractivity contribution in [3.05, 3.63) is 33.8 Å². The zero-order valence-corrected chi connectivity index (χ0v) is 12.2. The van der Waals surface area contributed by atoms with Gasteiger partial charge in [-0.1, -0.05) is 0 Å². The Bertz CT molecular complexity index is 599. The van der Waals surface area contributed by atoms with Crippen LogP contribution in [-0.4, -0.2) is 21.6 Å². The molecule has 0 spiro atoms. The van der Waals surface area contributed by atoms with E-state index in [0.717, 1.165) is 0 Å². The third-order valence-electron chi connectivity index (χ3n) is 2.04. The molecular formula is C11H9BrClFN4O. The summed E-state index contributed by atoms with van der Waals surface area (Å²) in [6.07, 6.45) is 0. The first-order valence-electron chi connectivity index (χ1n) is 5.35. The van der Waals surface area contributed by atoms with Crippen molar-refractivity contribution in [2.75, 3.05) is 11.9 Å². The Balaban J connectivity index is 2.29. The molecule has 2 rings (SSSR count). The minimum Gasteiger partial charge on any atom is -0.464 e. The predicted octanol–water partition coefficient (Wildman–Crippen LogP) is 3.57. The molecule has 100 valence electrons. The molecule has 1 aromatic heterocycles. The second-order valence-electron chi connectivity index (χ2n) is 3.39. The van der Waals surface area contributed by atoms with Crippen LogP contribution in [0, 0.1) is 5.82 Å². The minimum atomic E-state index is -0.379. The first-order chi connectivity index (χ1) is 9.08. The Morgan fingerprint density at radius 3 is 2.89 bits per heavy atom. The van der Waals surface area contributed by atoms with Crippen LogP contribution in [-0.2, 0) is 0 Å². The van der Waals surface area contributed by atoms with E-state index in [0.29, 0.717) is 16.8 Å². The first kappa shape index (κ1) is 14.0. The van der Waals surface area contributed by atoms with E-state index in [1.54, 1.807) is 13.0 Å². The third-order valence-corrected chi connectivity index (χ3v) is 2.90. The highest BCUT2D eigenvalue weighted by molar-refractivity contribution is 9.10. The van der Waals surface area contributed by atoms with E-state index in [1.165, 1.54) is 12.1 Å². The lowest BCUT2D eigenvalue weighted by Gasteiger charge is -2.08. The molecule has 0 aliphatic carbocycles. The lowest BCUT2D eigenvalue weighted by atomic mass is 10.3. The summed E-state index contributed by atoms with van der Waals surface area (Å²) in [6.45, 7) is 2.21. The highest BCUT2D eigenvalue weighted by Crippen LogP contribution is 2.26. The van der Waals surface area contributed by atoms with E-state index < -0.39 is 0 Å². The van der Waals surface area contributed by atoms with Crippen molar-refractivity contribution in [1.29, 1.82) is 0 Å². The van der Waals surface area contributed by atoms with Gasteiger partial charge in [0.15, 0.2) is 0 Å². The van der Waals surface area contributed by atoms with Gasteiger partial charge in [-0.25, -0.2) is 4.39 Å². The highest BCUT2D eigenvalue weighted by Gasteiger charge is 2.08. The molecule has 0 bridgehead atoms. The molecule has 0 fully saturated rings. The van der Waals surface area contributed by atoms with Gasteiger partial charge < -0.3 is 10.1 Å². The molecule has 1 heterocycles. The number of rotatable bonds is 4. The molecule has 2 aromatic rings. The number of nitrogens with one attached hydrogen (secondary N) is 1. The van der Waals surface area contributed by atoms with Crippen LogP contribution in [0.5, 0.6) is 6.01 Å². The number of ether oxygens (including phenoxy) is 1. The van der Waals surface area contributed by atoms with Crippen molar-refractivity contribution in [2.24, 2.45) is 0 Å². The fourth-order valence-corrected chi connectivity index (χ4v) is 1.79. The summed E-state index contributed by atoms with van der Waals surface area (Å²) >= 11 is 9.05. The summed E-state index contributed by atoms with van der Waals surface area (Å²) in [5, 5.41) is 2.83. The number of halogens is 3. The molecule has 5 nitrogen and oxygen atoms in total. The number of anilines is 2. The third kappa shape index (κ3) is 3.74. The molecule has 8 heteroatoms. The average Bonchev–Trinajstić information content (AvgIpc) is 2.33. The fraction of sp³-hybridized carbons (Fsp3) is 0.182. The van der Waals surface area contributed by atoms with Gasteiger partial charge in [0.1, 0.15) is 5.82 Å². The average molecular weight is 348 g/mol. The van der Waals surface area contributed by atoms with Gasteiger partial charge >= 0.3 is 6.01 Å². The van der Waals surface area contributed by atoms with Crippen LogP contribution in [0.1, 0.15) is 6.92 Å². The van der Waals surface area contributed by atoms with E-state index in [-0.39, 0.29) is 23.1 Å². The normalized spacial score (nSPS) is 10.3. The SMILES string of the molecule is CCOc1nc(Cl)nc(Nc2cc(F)ccc2Br)n1. The molecule has 1 aromatic carbocycles. The lowest BCUT2D eigenvalue weighted by Crippen LogP contribution is -2.04. The van der Waals surface area contributed by atoms with Crippen molar-refractivity contribution in [2.45, 2.75) is 6.92 Å². The number of nitrogens with zero attached hydrogens (tertiary/aromatic N) is 3. The smallest absolute Gasteiger partial charge is 0.322 e. The maximum Gasteiger partial charge on any atom is 0.322 e. The Morgan fingerprint density at radius 1 is 1.37 bits per heavy atom. The molecular weight excluding hydrogens is 339 g/mol. The van der Waals surface area contributed by atoms with Gasteiger partial charge in [0.05, 0.1) is 12.3 Å². The zero-order valence-electron chi connectivity index (χ0n) is 9.82. The van der Waals surface area contributed by atoms with Crippen molar-refractivity contribution in [1.82, 2.24) is 15.0 Å². The van der Waals surface area contributed by atoms with E-state index in [1.807, 2.05) is 0 Å². The minimum absolute atomic E-state index is 0.00604. The lowest BCUT2D eigenvalue weighted by molar-refractivity contribution is 0.312. The first-order valence-corrected chi connectivity index (χ1v) is 6.52. The highest BCUT2D eigenvalue weighted by atomic mass is 79.9. The number of aromatic nitrogens is 3. The summed E-state index contributed by atoms with van der Waals surface area (Å²) in [5.41, 5.74) is 0.477. The molecule has 0 aliphatic heterocycles. The van der Waals surface area contributed by atoms with Crippen LogP contribution in [0.4, 0.5) is 16.0 Å². The number of benzene rings is 1. The molecule has 0 saturated carbocycles. The van der Waals surface area contributed by atoms with Crippen molar-refractivity contribution in [3.63, 3.8) is 0 Å².